The largest absolute Gasteiger partial charge is 0.461 e. The zero-order valence-corrected chi connectivity index (χ0v) is 23.7. The molecule has 1 aromatic carbocycles. The summed E-state index contributed by atoms with van der Waals surface area (Å²) in [5.41, 5.74) is -0.00846. The van der Waals surface area contributed by atoms with Crippen molar-refractivity contribution >= 4 is 26.9 Å². The minimum Gasteiger partial charge on any atom is -0.461 e. The summed E-state index contributed by atoms with van der Waals surface area (Å²) in [7, 11) is -0.958. The average molecular weight is 505 g/mol. The van der Waals surface area contributed by atoms with Crippen LogP contribution in [0.2, 0.25) is 13.1 Å². The van der Waals surface area contributed by atoms with E-state index in [4.69, 9.17) is 13.9 Å². The van der Waals surface area contributed by atoms with E-state index in [0.717, 1.165) is 5.56 Å². The van der Waals surface area contributed by atoms with E-state index in [-0.39, 0.29) is 30.4 Å². The fourth-order valence-electron chi connectivity index (χ4n) is 4.43. The Hall–Kier alpha value is -2.19. The van der Waals surface area contributed by atoms with Crippen LogP contribution in [0.4, 0.5) is 0 Å². The van der Waals surface area contributed by atoms with Crippen LogP contribution in [0.15, 0.2) is 30.3 Å². The first-order chi connectivity index (χ1) is 16.1. The van der Waals surface area contributed by atoms with Crippen LogP contribution in [-0.2, 0) is 34.9 Å². The van der Waals surface area contributed by atoms with Crippen molar-refractivity contribution in [2.45, 2.75) is 79.8 Å². The maximum atomic E-state index is 13.4. The second kappa shape index (κ2) is 11.7. The van der Waals surface area contributed by atoms with Crippen LogP contribution in [0.5, 0.6) is 0 Å². The van der Waals surface area contributed by atoms with Crippen molar-refractivity contribution in [2.24, 2.45) is 23.2 Å². The highest BCUT2D eigenvalue weighted by Crippen LogP contribution is 2.45. The Bertz CT molecular complexity index is 874. The van der Waals surface area contributed by atoms with Crippen molar-refractivity contribution in [3.05, 3.63) is 35.9 Å². The normalized spacial score (nSPS) is 20.3. The van der Waals surface area contributed by atoms with Gasteiger partial charge in [0, 0.05) is 6.61 Å². The lowest BCUT2D eigenvalue weighted by atomic mass is 9.64. The van der Waals surface area contributed by atoms with E-state index in [1.165, 1.54) is 4.90 Å². The van der Waals surface area contributed by atoms with Crippen LogP contribution in [0.1, 0.15) is 54.0 Å². The van der Waals surface area contributed by atoms with Crippen LogP contribution in [-0.4, -0.2) is 56.6 Å². The van der Waals surface area contributed by atoms with Crippen LogP contribution in [0.3, 0.4) is 0 Å². The summed E-state index contributed by atoms with van der Waals surface area (Å²) in [6.07, 6.45) is 0. The Labute approximate surface area is 212 Å². The summed E-state index contributed by atoms with van der Waals surface area (Å²) in [5, 5.41) is 0. The molecule has 0 bridgehead atoms. The first-order valence-electron chi connectivity index (χ1n) is 12.3. The van der Waals surface area contributed by atoms with Gasteiger partial charge in [0.1, 0.15) is 18.8 Å². The maximum absolute atomic E-state index is 13.4. The number of nitrogens with zero attached hydrogens (tertiary/aromatic N) is 1. The number of carbonyl (C=O) groups is 3. The Kier molecular flexibility index (Phi) is 9.70. The first kappa shape index (κ1) is 29.0. The van der Waals surface area contributed by atoms with Gasteiger partial charge in [-0.15, -0.1) is 0 Å². The van der Waals surface area contributed by atoms with Gasteiger partial charge in [0.05, 0.1) is 17.9 Å². The quantitative estimate of drug-likeness (QED) is 0.266. The molecular formula is C27H42NO6Si. The summed E-state index contributed by atoms with van der Waals surface area (Å²) in [5.74, 6) is -2.20. The summed E-state index contributed by atoms with van der Waals surface area (Å²) < 4.78 is 17.1. The Morgan fingerprint density at radius 3 is 2.17 bits per heavy atom. The highest BCUT2D eigenvalue weighted by atomic mass is 28.3. The topological polar surface area (TPSA) is 82.1 Å². The third kappa shape index (κ3) is 8.17. The van der Waals surface area contributed by atoms with Crippen molar-refractivity contribution in [1.29, 1.82) is 0 Å². The zero-order valence-electron chi connectivity index (χ0n) is 22.7. The Morgan fingerprint density at radius 2 is 1.66 bits per heavy atom. The second-order valence-corrected chi connectivity index (χ2v) is 13.7. The van der Waals surface area contributed by atoms with E-state index in [2.05, 4.69) is 33.9 Å². The van der Waals surface area contributed by atoms with E-state index in [9.17, 15) is 14.4 Å². The number of likely N-dealkylation sites (tertiary alicyclic amines) is 1. The van der Waals surface area contributed by atoms with Gasteiger partial charge in [0.15, 0.2) is 0 Å². The van der Waals surface area contributed by atoms with Crippen molar-refractivity contribution in [1.82, 2.24) is 4.90 Å². The molecule has 0 aliphatic carbocycles. The molecule has 0 unspecified atom stereocenters. The molecule has 0 saturated carbocycles. The molecule has 7 nitrogen and oxygen atoms in total. The van der Waals surface area contributed by atoms with Gasteiger partial charge in [0.25, 0.3) is 0 Å². The molecule has 1 amide bonds. The third-order valence-electron chi connectivity index (χ3n) is 6.22. The summed E-state index contributed by atoms with van der Waals surface area (Å²) >= 11 is 0. The highest BCUT2D eigenvalue weighted by molar-refractivity contribution is 6.48. The van der Waals surface area contributed by atoms with Crippen molar-refractivity contribution in [2.75, 3.05) is 13.2 Å². The fourth-order valence-corrected chi connectivity index (χ4v) is 4.94. The minimum absolute atomic E-state index is 0.112. The lowest BCUT2D eigenvalue weighted by molar-refractivity contribution is -0.184. The van der Waals surface area contributed by atoms with Gasteiger partial charge in [-0.05, 0) is 57.7 Å². The lowest BCUT2D eigenvalue weighted by Gasteiger charge is -2.54. The number of benzene rings is 1. The molecule has 1 saturated heterocycles. The third-order valence-corrected chi connectivity index (χ3v) is 6.96. The fraction of sp³-hybridized carbons (Fsp3) is 0.667. The molecule has 0 aromatic heterocycles. The van der Waals surface area contributed by atoms with Crippen LogP contribution < -0.4 is 0 Å². The van der Waals surface area contributed by atoms with E-state index in [1.54, 1.807) is 27.7 Å². The molecule has 1 fully saturated rings. The van der Waals surface area contributed by atoms with Crippen LogP contribution in [0.25, 0.3) is 0 Å². The van der Waals surface area contributed by atoms with Crippen molar-refractivity contribution in [3.8, 4) is 0 Å². The Morgan fingerprint density at radius 1 is 1.06 bits per heavy atom. The standard InChI is InChI=1S/C27H42NO6Si/c1-18(25(31)32-16-19-13-11-10-12-14-19)23-22(20(26(2,3)4)17-33-35(8)9)24(30)28(23)15-21(29)34-27(5,6)7/h10-14,18,20,22-23H,15-17H2,1-9H3/t18-,20-,22+,23-/m1/s1. The lowest BCUT2D eigenvalue weighted by Crippen LogP contribution is -2.69. The minimum atomic E-state index is -0.958. The van der Waals surface area contributed by atoms with Gasteiger partial charge in [-0.3, -0.25) is 14.4 Å². The van der Waals surface area contributed by atoms with Crippen molar-refractivity contribution < 1.29 is 28.3 Å². The monoisotopic (exact) mass is 504 g/mol. The number of β-lactam (4-membered cyclic amide) rings is 1. The smallest absolute Gasteiger partial charge is 0.326 e. The van der Waals surface area contributed by atoms with E-state index < -0.39 is 44.5 Å². The summed E-state index contributed by atoms with van der Waals surface area (Å²) in [4.78, 5) is 40.6. The molecule has 8 heteroatoms. The SMILES string of the molecule is C[C@@H](C(=O)OCc1ccccc1)[C@@H]1[C@H]([C@@H](CO[Si](C)C)C(C)(C)C)C(=O)N1CC(=O)OC(C)(C)C. The highest BCUT2D eigenvalue weighted by Gasteiger charge is 2.57. The predicted octanol–water partition coefficient (Wildman–Crippen LogP) is 4.46. The molecule has 2 rings (SSSR count). The number of hydrogen-bond donors (Lipinski definition) is 0. The maximum Gasteiger partial charge on any atom is 0.326 e. The number of esters is 2. The van der Waals surface area contributed by atoms with E-state index in [0.29, 0.717) is 6.61 Å². The first-order valence-corrected chi connectivity index (χ1v) is 14.7. The van der Waals surface area contributed by atoms with Crippen LogP contribution in [0, 0.1) is 23.2 Å². The molecule has 1 aromatic rings. The number of ether oxygens (including phenoxy) is 2. The van der Waals surface area contributed by atoms with Crippen molar-refractivity contribution in [3.63, 3.8) is 0 Å². The number of rotatable bonds is 10. The predicted molar refractivity (Wildman–Crippen MR) is 137 cm³/mol. The van der Waals surface area contributed by atoms with Gasteiger partial charge in [-0.25, -0.2) is 0 Å². The molecule has 1 aliphatic rings. The number of amides is 1. The molecule has 1 radical (unpaired) electrons. The summed E-state index contributed by atoms with van der Waals surface area (Å²) in [6.45, 7) is 17.9. The number of carbonyl (C=O) groups excluding carboxylic acids is 3. The second-order valence-electron chi connectivity index (χ2n) is 11.6. The van der Waals surface area contributed by atoms with E-state index in [1.807, 2.05) is 30.3 Å². The molecular weight excluding hydrogens is 462 g/mol. The van der Waals surface area contributed by atoms with E-state index >= 15 is 0 Å². The molecule has 0 spiro atoms. The molecule has 0 N–H and O–H groups in total. The van der Waals surface area contributed by atoms with Gasteiger partial charge < -0.3 is 18.8 Å². The van der Waals surface area contributed by atoms with Crippen LogP contribution >= 0.6 is 0 Å². The summed E-state index contributed by atoms with van der Waals surface area (Å²) in [6, 6.07) is 8.99. The molecule has 195 valence electrons. The molecule has 1 aliphatic heterocycles. The number of hydrogen-bond acceptors (Lipinski definition) is 6. The van der Waals surface area contributed by atoms with Gasteiger partial charge in [0.2, 0.25) is 14.9 Å². The molecule has 35 heavy (non-hydrogen) atoms. The zero-order chi connectivity index (χ0) is 26.6. The van der Waals surface area contributed by atoms with Gasteiger partial charge >= 0.3 is 11.9 Å². The Balaban J connectivity index is 2.27. The average Bonchev–Trinajstić information content (AvgIpc) is 2.73. The molecule has 4 atom stereocenters. The van der Waals surface area contributed by atoms with Gasteiger partial charge in [-0.2, -0.15) is 0 Å². The molecule has 1 heterocycles. The van der Waals surface area contributed by atoms with Gasteiger partial charge in [-0.1, -0.05) is 51.1 Å².